The van der Waals surface area contributed by atoms with Gasteiger partial charge in [-0.3, -0.25) is 0 Å². The van der Waals surface area contributed by atoms with Gasteiger partial charge < -0.3 is 19.9 Å². The Bertz CT molecular complexity index is 336. The largest absolute Gasteiger partial charge is 0.497 e. The van der Waals surface area contributed by atoms with Gasteiger partial charge in [0.05, 0.1) is 7.11 Å². The number of aliphatic hydroxyl groups is 1. The molecule has 1 rings (SSSR count). The van der Waals surface area contributed by atoms with Gasteiger partial charge in [-0.2, -0.15) is 0 Å². The first-order valence-electron chi connectivity index (χ1n) is 6.87. The summed E-state index contributed by atoms with van der Waals surface area (Å²) in [7, 11) is 1.63. The zero-order chi connectivity index (χ0) is 14.1. The lowest BCUT2D eigenvalue weighted by atomic mass is 10.1. The highest BCUT2D eigenvalue weighted by molar-refractivity contribution is 5.31. The Morgan fingerprint density at radius 3 is 2.21 bits per heavy atom. The van der Waals surface area contributed by atoms with Gasteiger partial charge in [0.1, 0.15) is 24.2 Å². The number of nitrogens with one attached hydrogen (secondary N) is 1. The Labute approximate surface area is 115 Å². The molecule has 4 nitrogen and oxygen atoms in total. The van der Waals surface area contributed by atoms with Crippen LogP contribution in [-0.4, -0.2) is 37.5 Å². The zero-order valence-electron chi connectivity index (χ0n) is 12.1. The minimum Gasteiger partial charge on any atom is -0.497 e. The Balaban J connectivity index is 2.27. The molecule has 0 aliphatic heterocycles. The Kier molecular flexibility index (Phi) is 7.30. The Hall–Kier alpha value is -1.26. The van der Waals surface area contributed by atoms with Crippen molar-refractivity contribution in [2.24, 2.45) is 0 Å². The van der Waals surface area contributed by atoms with E-state index in [4.69, 9.17) is 9.47 Å². The number of aliphatic hydroxyl groups excluding tert-OH is 1. The van der Waals surface area contributed by atoms with E-state index in [0.29, 0.717) is 19.2 Å². The van der Waals surface area contributed by atoms with E-state index in [9.17, 15) is 5.11 Å². The lowest BCUT2D eigenvalue weighted by molar-refractivity contribution is 0.103. The molecule has 19 heavy (non-hydrogen) atoms. The Morgan fingerprint density at radius 1 is 1.11 bits per heavy atom. The number of hydrogen-bond acceptors (Lipinski definition) is 4. The molecule has 1 aromatic carbocycles. The van der Waals surface area contributed by atoms with Gasteiger partial charge in [-0.1, -0.05) is 13.8 Å². The van der Waals surface area contributed by atoms with Crippen LogP contribution in [0.4, 0.5) is 0 Å². The van der Waals surface area contributed by atoms with Crippen LogP contribution in [0.5, 0.6) is 11.5 Å². The molecule has 4 heteroatoms. The molecule has 0 radical (unpaired) electrons. The lowest BCUT2D eigenvalue weighted by Gasteiger charge is -2.18. The van der Waals surface area contributed by atoms with Gasteiger partial charge in [-0.15, -0.1) is 0 Å². The number of methoxy groups -OCH3 is 1. The van der Waals surface area contributed by atoms with Crippen LogP contribution in [0.15, 0.2) is 24.3 Å². The van der Waals surface area contributed by atoms with Crippen LogP contribution in [0.1, 0.15) is 26.7 Å². The molecular formula is C15H25NO3. The summed E-state index contributed by atoms with van der Waals surface area (Å²) in [6.07, 6.45) is 1.65. The average Bonchev–Trinajstić information content (AvgIpc) is 2.46. The monoisotopic (exact) mass is 267 g/mol. The van der Waals surface area contributed by atoms with Gasteiger partial charge >= 0.3 is 0 Å². The smallest absolute Gasteiger partial charge is 0.119 e. The average molecular weight is 267 g/mol. The highest BCUT2D eigenvalue weighted by Crippen LogP contribution is 2.16. The summed E-state index contributed by atoms with van der Waals surface area (Å²) in [6.45, 7) is 5.13. The molecule has 0 saturated carbocycles. The Morgan fingerprint density at radius 2 is 1.68 bits per heavy atom. The van der Waals surface area contributed by atoms with Crippen LogP contribution in [0, 0.1) is 0 Å². The normalized spacial score (nSPS) is 12.5. The van der Waals surface area contributed by atoms with Crippen molar-refractivity contribution in [1.29, 1.82) is 0 Å². The summed E-state index contributed by atoms with van der Waals surface area (Å²) in [6, 6.07) is 7.81. The van der Waals surface area contributed by atoms with Crippen molar-refractivity contribution in [3.63, 3.8) is 0 Å². The molecule has 0 aliphatic rings. The third-order valence-electron chi connectivity index (χ3n) is 3.13. The predicted octanol–water partition coefficient (Wildman–Crippen LogP) is 2.21. The van der Waals surface area contributed by atoms with Crippen molar-refractivity contribution in [2.75, 3.05) is 20.3 Å². The molecule has 0 amide bonds. The maximum atomic E-state index is 9.84. The second-order valence-corrected chi connectivity index (χ2v) is 4.56. The van der Waals surface area contributed by atoms with Crippen LogP contribution in [-0.2, 0) is 0 Å². The van der Waals surface area contributed by atoms with Crippen molar-refractivity contribution in [3.05, 3.63) is 24.3 Å². The molecule has 1 unspecified atom stereocenters. The minimum absolute atomic E-state index is 0.291. The first-order valence-corrected chi connectivity index (χ1v) is 6.87. The lowest BCUT2D eigenvalue weighted by Crippen LogP contribution is -2.37. The molecule has 0 saturated heterocycles. The second-order valence-electron chi connectivity index (χ2n) is 4.56. The quantitative estimate of drug-likeness (QED) is 0.720. The van der Waals surface area contributed by atoms with Crippen LogP contribution in [0.2, 0.25) is 0 Å². The van der Waals surface area contributed by atoms with Gasteiger partial charge in [0, 0.05) is 12.6 Å². The minimum atomic E-state index is -0.497. The predicted molar refractivity (Wildman–Crippen MR) is 76.9 cm³/mol. The molecule has 0 spiro atoms. The first-order chi connectivity index (χ1) is 9.19. The summed E-state index contributed by atoms with van der Waals surface area (Å²) in [5.74, 6) is 1.53. The van der Waals surface area contributed by atoms with E-state index >= 15 is 0 Å². The maximum absolute atomic E-state index is 9.84. The third kappa shape index (κ3) is 5.94. The summed E-state index contributed by atoms with van der Waals surface area (Å²) in [5, 5.41) is 13.2. The van der Waals surface area contributed by atoms with Crippen molar-refractivity contribution in [1.82, 2.24) is 5.32 Å². The fourth-order valence-electron chi connectivity index (χ4n) is 1.80. The van der Waals surface area contributed by atoms with Crippen molar-refractivity contribution >= 4 is 0 Å². The summed E-state index contributed by atoms with van der Waals surface area (Å²) >= 11 is 0. The van der Waals surface area contributed by atoms with E-state index in [-0.39, 0.29) is 0 Å². The molecule has 1 aromatic rings. The van der Waals surface area contributed by atoms with Crippen molar-refractivity contribution < 1.29 is 14.6 Å². The first kappa shape index (κ1) is 15.8. The number of rotatable bonds is 9. The SMILES string of the molecule is CCC(CC)NCC(O)COc1ccc(OC)cc1. The van der Waals surface area contributed by atoms with E-state index in [0.717, 1.165) is 24.3 Å². The standard InChI is InChI=1S/C15H25NO3/c1-4-12(5-2)16-10-13(17)11-19-15-8-6-14(18-3)7-9-15/h6-9,12-13,16-17H,4-5,10-11H2,1-3H3. The van der Waals surface area contributed by atoms with Crippen molar-refractivity contribution in [2.45, 2.75) is 38.8 Å². The zero-order valence-corrected chi connectivity index (χ0v) is 12.1. The topological polar surface area (TPSA) is 50.7 Å². The molecule has 2 N–H and O–H groups in total. The molecule has 1 atom stereocenters. The van der Waals surface area contributed by atoms with Crippen molar-refractivity contribution in [3.8, 4) is 11.5 Å². The number of ether oxygens (including phenoxy) is 2. The van der Waals surface area contributed by atoms with Crippen LogP contribution >= 0.6 is 0 Å². The van der Waals surface area contributed by atoms with Gasteiger partial charge in [0.25, 0.3) is 0 Å². The maximum Gasteiger partial charge on any atom is 0.119 e. The molecular weight excluding hydrogens is 242 g/mol. The van der Waals surface area contributed by atoms with E-state index < -0.39 is 6.10 Å². The fraction of sp³-hybridized carbons (Fsp3) is 0.600. The summed E-state index contributed by atoms with van der Waals surface area (Å²) < 4.78 is 10.6. The van der Waals surface area contributed by atoms with Crippen LogP contribution in [0.25, 0.3) is 0 Å². The van der Waals surface area contributed by atoms with E-state index in [2.05, 4.69) is 19.2 Å². The van der Waals surface area contributed by atoms with E-state index in [1.165, 1.54) is 0 Å². The summed E-state index contributed by atoms with van der Waals surface area (Å²) in [4.78, 5) is 0. The molecule has 0 heterocycles. The fourth-order valence-corrected chi connectivity index (χ4v) is 1.80. The van der Waals surface area contributed by atoms with Crippen LogP contribution in [0.3, 0.4) is 0 Å². The number of hydrogen-bond donors (Lipinski definition) is 2. The molecule has 0 bridgehead atoms. The highest BCUT2D eigenvalue weighted by atomic mass is 16.5. The number of benzene rings is 1. The highest BCUT2D eigenvalue weighted by Gasteiger charge is 2.08. The molecule has 0 aliphatic carbocycles. The van der Waals surface area contributed by atoms with E-state index in [1.54, 1.807) is 7.11 Å². The molecule has 0 fully saturated rings. The molecule has 0 aromatic heterocycles. The molecule has 108 valence electrons. The summed E-state index contributed by atoms with van der Waals surface area (Å²) in [5.41, 5.74) is 0. The van der Waals surface area contributed by atoms with Gasteiger partial charge in [0.2, 0.25) is 0 Å². The van der Waals surface area contributed by atoms with E-state index in [1.807, 2.05) is 24.3 Å². The van der Waals surface area contributed by atoms with Gasteiger partial charge in [-0.25, -0.2) is 0 Å². The third-order valence-corrected chi connectivity index (χ3v) is 3.13. The van der Waals surface area contributed by atoms with Crippen LogP contribution < -0.4 is 14.8 Å². The van der Waals surface area contributed by atoms with Gasteiger partial charge in [-0.05, 0) is 37.1 Å². The van der Waals surface area contributed by atoms with Gasteiger partial charge in [0.15, 0.2) is 0 Å². The second kappa shape index (κ2) is 8.77.